The summed E-state index contributed by atoms with van der Waals surface area (Å²) < 4.78 is 0. The van der Waals surface area contributed by atoms with E-state index in [0.717, 1.165) is 16.4 Å². The van der Waals surface area contributed by atoms with Crippen LogP contribution in [0, 0.1) is 0 Å². The van der Waals surface area contributed by atoms with Crippen molar-refractivity contribution in [3.63, 3.8) is 0 Å². The van der Waals surface area contributed by atoms with Gasteiger partial charge in [-0.15, -0.1) is 17.9 Å². The molecule has 0 aliphatic rings. The van der Waals surface area contributed by atoms with Crippen molar-refractivity contribution < 1.29 is 0 Å². The minimum atomic E-state index is 0.733. The smallest absolute Gasteiger partial charge is 0.116 e. The predicted octanol–water partition coefficient (Wildman–Crippen LogP) is 2.20. The zero-order valence-corrected chi connectivity index (χ0v) is 7.67. The highest BCUT2D eigenvalue weighted by Gasteiger charge is 1.97. The lowest BCUT2D eigenvalue weighted by Crippen LogP contribution is -2.20. The standard InChI is InChI=1S/C8H9NS2/c1-2-5-9-8(10)7-4-3-6-11-7/h2-4,6H,1,5H2,(H,9,10). The van der Waals surface area contributed by atoms with Gasteiger partial charge in [0.05, 0.1) is 4.88 Å². The minimum Gasteiger partial charge on any atom is -0.372 e. The van der Waals surface area contributed by atoms with Crippen molar-refractivity contribution in [3.05, 3.63) is 35.0 Å². The lowest BCUT2D eigenvalue weighted by molar-refractivity contribution is 1.07. The van der Waals surface area contributed by atoms with Crippen LogP contribution in [0.25, 0.3) is 0 Å². The first-order chi connectivity index (χ1) is 5.34. The van der Waals surface area contributed by atoms with Gasteiger partial charge in [-0.1, -0.05) is 24.4 Å². The fraction of sp³-hybridized carbons (Fsp3) is 0.125. The molecule has 11 heavy (non-hydrogen) atoms. The Morgan fingerprint density at radius 1 is 1.82 bits per heavy atom. The molecule has 1 aromatic heterocycles. The Kier molecular flexibility index (Phi) is 3.26. The molecule has 0 bridgehead atoms. The fourth-order valence-electron chi connectivity index (χ4n) is 0.660. The van der Waals surface area contributed by atoms with Crippen molar-refractivity contribution in [2.75, 3.05) is 6.54 Å². The molecule has 0 spiro atoms. The molecule has 1 N–H and O–H groups in total. The molecule has 0 aliphatic carbocycles. The van der Waals surface area contributed by atoms with Crippen LogP contribution in [-0.2, 0) is 0 Å². The average Bonchev–Trinajstić information content (AvgIpc) is 2.52. The van der Waals surface area contributed by atoms with Gasteiger partial charge in [0.2, 0.25) is 0 Å². The molecule has 3 heteroatoms. The monoisotopic (exact) mass is 183 g/mol. The number of thiocarbonyl (C=S) groups is 1. The highest BCUT2D eigenvalue weighted by molar-refractivity contribution is 7.81. The van der Waals surface area contributed by atoms with E-state index < -0.39 is 0 Å². The third kappa shape index (κ3) is 2.44. The highest BCUT2D eigenvalue weighted by atomic mass is 32.1. The predicted molar refractivity (Wildman–Crippen MR) is 54.2 cm³/mol. The number of hydrogen-bond acceptors (Lipinski definition) is 2. The lowest BCUT2D eigenvalue weighted by Gasteiger charge is -2.00. The summed E-state index contributed by atoms with van der Waals surface area (Å²) in [5.74, 6) is 0. The van der Waals surface area contributed by atoms with Crippen LogP contribution in [0.1, 0.15) is 4.88 Å². The van der Waals surface area contributed by atoms with Crippen molar-refractivity contribution in [2.45, 2.75) is 0 Å². The summed E-state index contributed by atoms with van der Waals surface area (Å²) in [5.41, 5.74) is 0. The second-order valence-electron chi connectivity index (χ2n) is 1.98. The number of thiophene rings is 1. The van der Waals surface area contributed by atoms with Gasteiger partial charge < -0.3 is 5.32 Å². The number of hydrogen-bond donors (Lipinski definition) is 1. The molecule has 58 valence electrons. The second-order valence-corrected chi connectivity index (χ2v) is 3.33. The highest BCUT2D eigenvalue weighted by Crippen LogP contribution is 2.08. The molecule has 0 aliphatic heterocycles. The van der Waals surface area contributed by atoms with Crippen molar-refractivity contribution in [1.29, 1.82) is 0 Å². The van der Waals surface area contributed by atoms with E-state index in [1.807, 2.05) is 17.5 Å². The lowest BCUT2D eigenvalue weighted by atomic mass is 10.4. The van der Waals surface area contributed by atoms with Gasteiger partial charge in [0.1, 0.15) is 4.99 Å². The number of nitrogens with one attached hydrogen (secondary N) is 1. The van der Waals surface area contributed by atoms with Gasteiger partial charge in [-0.25, -0.2) is 0 Å². The molecule has 1 aromatic rings. The summed E-state index contributed by atoms with van der Waals surface area (Å²) in [7, 11) is 0. The zero-order valence-electron chi connectivity index (χ0n) is 6.04. The van der Waals surface area contributed by atoms with Crippen LogP contribution in [0.5, 0.6) is 0 Å². The maximum atomic E-state index is 5.09. The quantitative estimate of drug-likeness (QED) is 0.569. The Bertz CT molecular complexity index is 239. The first-order valence-corrected chi connectivity index (χ1v) is 4.56. The summed E-state index contributed by atoms with van der Waals surface area (Å²) in [4.78, 5) is 1.92. The first kappa shape index (κ1) is 8.43. The van der Waals surface area contributed by atoms with Crippen LogP contribution < -0.4 is 5.32 Å². The van der Waals surface area contributed by atoms with Crippen molar-refractivity contribution >= 4 is 28.5 Å². The molecular formula is C8H9NS2. The molecule has 0 aromatic carbocycles. The van der Waals surface area contributed by atoms with Gasteiger partial charge in [0.15, 0.2) is 0 Å². The third-order valence-electron chi connectivity index (χ3n) is 1.15. The molecule has 1 heterocycles. The molecule has 0 amide bonds. The van der Waals surface area contributed by atoms with Crippen LogP contribution in [-0.4, -0.2) is 11.5 Å². The summed E-state index contributed by atoms with van der Waals surface area (Å²) in [6.07, 6.45) is 1.79. The van der Waals surface area contributed by atoms with Crippen LogP contribution in [0.15, 0.2) is 30.2 Å². The average molecular weight is 183 g/mol. The number of rotatable bonds is 3. The van der Waals surface area contributed by atoms with Crippen molar-refractivity contribution in [2.24, 2.45) is 0 Å². The molecule has 0 fully saturated rings. The van der Waals surface area contributed by atoms with E-state index in [4.69, 9.17) is 12.2 Å². The topological polar surface area (TPSA) is 12.0 Å². The van der Waals surface area contributed by atoms with Gasteiger partial charge in [-0.3, -0.25) is 0 Å². The fourth-order valence-corrected chi connectivity index (χ4v) is 1.60. The van der Waals surface area contributed by atoms with Crippen LogP contribution in [0.4, 0.5) is 0 Å². The van der Waals surface area contributed by atoms with Gasteiger partial charge in [-0.2, -0.15) is 0 Å². The maximum Gasteiger partial charge on any atom is 0.116 e. The van der Waals surface area contributed by atoms with Gasteiger partial charge in [0, 0.05) is 6.54 Å². The normalized spacial score (nSPS) is 9.09. The first-order valence-electron chi connectivity index (χ1n) is 3.27. The van der Waals surface area contributed by atoms with E-state index in [0.29, 0.717) is 0 Å². The summed E-state index contributed by atoms with van der Waals surface area (Å²) in [6.45, 7) is 4.33. The van der Waals surface area contributed by atoms with E-state index in [-0.39, 0.29) is 0 Å². The largest absolute Gasteiger partial charge is 0.372 e. The van der Waals surface area contributed by atoms with Crippen molar-refractivity contribution in [1.82, 2.24) is 5.32 Å². The van der Waals surface area contributed by atoms with Crippen molar-refractivity contribution in [3.8, 4) is 0 Å². The molecule has 0 atom stereocenters. The minimum absolute atomic E-state index is 0.733. The molecule has 1 nitrogen and oxygen atoms in total. The summed E-state index contributed by atoms with van der Waals surface area (Å²) in [6, 6.07) is 3.99. The molecule has 0 radical (unpaired) electrons. The SMILES string of the molecule is C=CCNC(=S)c1cccs1. The van der Waals surface area contributed by atoms with E-state index in [1.54, 1.807) is 17.4 Å². The van der Waals surface area contributed by atoms with E-state index >= 15 is 0 Å². The Labute approximate surface area is 75.8 Å². The second kappa shape index (κ2) is 4.26. The third-order valence-corrected chi connectivity index (χ3v) is 2.53. The van der Waals surface area contributed by atoms with E-state index in [1.165, 1.54) is 0 Å². The van der Waals surface area contributed by atoms with Gasteiger partial charge in [-0.05, 0) is 11.4 Å². The maximum absolute atomic E-state index is 5.09. The Balaban J connectivity index is 2.49. The van der Waals surface area contributed by atoms with Crippen LogP contribution in [0.3, 0.4) is 0 Å². The van der Waals surface area contributed by atoms with E-state index in [9.17, 15) is 0 Å². The molecule has 1 rings (SSSR count). The molecule has 0 unspecified atom stereocenters. The molecule has 0 saturated carbocycles. The molecule has 0 saturated heterocycles. The van der Waals surface area contributed by atoms with Gasteiger partial charge in [0.25, 0.3) is 0 Å². The van der Waals surface area contributed by atoms with Crippen LogP contribution in [0.2, 0.25) is 0 Å². The van der Waals surface area contributed by atoms with Gasteiger partial charge >= 0.3 is 0 Å². The zero-order chi connectivity index (χ0) is 8.10. The Hall–Kier alpha value is -0.670. The Morgan fingerprint density at radius 2 is 2.64 bits per heavy atom. The Morgan fingerprint density at radius 3 is 3.18 bits per heavy atom. The molecular weight excluding hydrogens is 174 g/mol. The van der Waals surface area contributed by atoms with Crippen LogP contribution >= 0.6 is 23.6 Å². The summed E-state index contributed by atoms with van der Waals surface area (Å²) >= 11 is 6.73. The van der Waals surface area contributed by atoms with E-state index in [2.05, 4.69) is 11.9 Å². The summed E-state index contributed by atoms with van der Waals surface area (Å²) in [5, 5.41) is 5.07.